The molecule has 0 radical (unpaired) electrons. The van der Waals surface area contributed by atoms with Gasteiger partial charge in [0.15, 0.2) is 0 Å². The second-order valence-electron chi connectivity index (χ2n) is 4.43. The van der Waals surface area contributed by atoms with Gasteiger partial charge >= 0.3 is 0 Å². The lowest BCUT2D eigenvalue weighted by molar-refractivity contribution is 0.414. The molecular weight excluding hydrogens is 252 g/mol. The number of rotatable bonds is 3. The van der Waals surface area contributed by atoms with Gasteiger partial charge in [-0.2, -0.15) is 5.10 Å². The summed E-state index contributed by atoms with van der Waals surface area (Å²) in [7, 11) is 2.05. The maximum atomic E-state index is 12.1. The summed E-state index contributed by atoms with van der Waals surface area (Å²) in [5.41, 5.74) is 0.122. The van der Waals surface area contributed by atoms with E-state index in [1.54, 1.807) is 0 Å². The number of nitrogens with one attached hydrogen (secondary N) is 1. The molecule has 2 heterocycles. The van der Waals surface area contributed by atoms with E-state index in [0.717, 1.165) is 19.5 Å². The van der Waals surface area contributed by atoms with Gasteiger partial charge in [0.05, 0.1) is 11.2 Å². The van der Waals surface area contributed by atoms with E-state index in [9.17, 15) is 4.79 Å². The van der Waals surface area contributed by atoms with Gasteiger partial charge in [0.25, 0.3) is 5.56 Å². The molecule has 0 bridgehead atoms. The molecule has 1 aromatic rings. The lowest BCUT2D eigenvalue weighted by Gasteiger charge is -2.15. The normalized spacial score (nSPS) is 19.7. The SMILES string of the molecule is C#CCn1ncc(Cl)c(NC2CCN(C)C2)c1=O. The third kappa shape index (κ3) is 2.66. The van der Waals surface area contributed by atoms with Crippen LogP contribution >= 0.6 is 11.6 Å². The predicted octanol–water partition coefficient (Wildman–Crippen LogP) is 0.646. The van der Waals surface area contributed by atoms with E-state index in [1.165, 1.54) is 10.9 Å². The summed E-state index contributed by atoms with van der Waals surface area (Å²) in [6, 6.07) is 0.238. The highest BCUT2D eigenvalue weighted by Gasteiger charge is 2.21. The molecule has 0 aromatic carbocycles. The third-order valence-electron chi connectivity index (χ3n) is 2.98. The van der Waals surface area contributed by atoms with E-state index in [2.05, 4.69) is 21.2 Å². The van der Waals surface area contributed by atoms with E-state index in [1.807, 2.05) is 7.05 Å². The van der Waals surface area contributed by atoms with Crippen molar-refractivity contribution in [1.82, 2.24) is 14.7 Å². The van der Waals surface area contributed by atoms with Crippen molar-refractivity contribution in [3.05, 3.63) is 21.6 Å². The average Bonchev–Trinajstić information content (AvgIpc) is 2.74. The van der Waals surface area contributed by atoms with Crippen LogP contribution in [-0.4, -0.2) is 40.9 Å². The first-order valence-electron chi connectivity index (χ1n) is 5.76. The number of halogens is 1. The monoisotopic (exact) mass is 266 g/mol. The molecule has 0 amide bonds. The summed E-state index contributed by atoms with van der Waals surface area (Å²) in [5.74, 6) is 2.39. The van der Waals surface area contributed by atoms with Crippen LogP contribution in [0.1, 0.15) is 6.42 Å². The van der Waals surface area contributed by atoms with E-state index < -0.39 is 0 Å². The van der Waals surface area contributed by atoms with E-state index in [4.69, 9.17) is 18.0 Å². The number of hydrogen-bond donors (Lipinski definition) is 1. The quantitative estimate of drug-likeness (QED) is 0.816. The maximum absolute atomic E-state index is 12.1. The Hall–Kier alpha value is -1.51. The number of anilines is 1. The van der Waals surface area contributed by atoms with Crippen molar-refractivity contribution < 1.29 is 0 Å². The highest BCUT2D eigenvalue weighted by Crippen LogP contribution is 2.19. The highest BCUT2D eigenvalue weighted by molar-refractivity contribution is 6.33. The molecule has 5 nitrogen and oxygen atoms in total. The van der Waals surface area contributed by atoms with Crippen LogP contribution < -0.4 is 10.9 Å². The van der Waals surface area contributed by atoms with Crippen molar-refractivity contribution in [2.45, 2.75) is 19.0 Å². The minimum atomic E-state index is -0.269. The smallest absolute Gasteiger partial charge is 0.292 e. The molecule has 1 saturated heterocycles. The Bertz CT molecular complexity index is 534. The summed E-state index contributed by atoms with van der Waals surface area (Å²) >= 11 is 6.01. The van der Waals surface area contributed by atoms with Gasteiger partial charge in [0.1, 0.15) is 12.2 Å². The molecule has 2 rings (SSSR count). The molecule has 1 unspecified atom stereocenters. The van der Waals surface area contributed by atoms with E-state index in [-0.39, 0.29) is 18.1 Å². The largest absolute Gasteiger partial charge is 0.375 e. The Labute approximate surface area is 111 Å². The Morgan fingerprint density at radius 1 is 1.72 bits per heavy atom. The summed E-state index contributed by atoms with van der Waals surface area (Å²) < 4.78 is 1.23. The van der Waals surface area contributed by atoms with Gasteiger partial charge in [-0.15, -0.1) is 6.42 Å². The van der Waals surface area contributed by atoms with E-state index >= 15 is 0 Å². The van der Waals surface area contributed by atoms with Crippen LogP contribution in [0.2, 0.25) is 5.02 Å². The van der Waals surface area contributed by atoms with Crippen LogP contribution in [0.15, 0.2) is 11.0 Å². The Kier molecular flexibility index (Phi) is 3.90. The van der Waals surface area contributed by atoms with Crippen LogP contribution in [-0.2, 0) is 6.54 Å². The summed E-state index contributed by atoms with van der Waals surface area (Å²) in [6.07, 6.45) is 7.63. The minimum absolute atomic E-state index is 0.148. The fourth-order valence-electron chi connectivity index (χ4n) is 2.06. The Morgan fingerprint density at radius 2 is 2.50 bits per heavy atom. The summed E-state index contributed by atoms with van der Waals surface area (Å²) in [5, 5.41) is 7.42. The molecule has 0 saturated carbocycles. The number of likely N-dealkylation sites (N-methyl/N-ethyl adjacent to an activating group) is 1. The molecule has 96 valence electrons. The molecule has 6 heteroatoms. The van der Waals surface area contributed by atoms with Crippen molar-refractivity contribution in [1.29, 1.82) is 0 Å². The van der Waals surface area contributed by atoms with Gasteiger partial charge in [-0.3, -0.25) is 4.79 Å². The van der Waals surface area contributed by atoms with Crippen LogP contribution in [0.5, 0.6) is 0 Å². The Balaban J connectivity index is 2.24. The van der Waals surface area contributed by atoms with Crippen molar-refractivity contribution in [3.63, 3.8) is 0 Å². The van der Waals surface area contributed by atoms with Crippen LogP contribution in [0, 0.1) is 12.3 Å². The highest BCUT2D eigenvalue weighted by atomic mass is 35.5. The zero-order valence-corrected chi connectivity index (χ0v) is 10.9. The molecular formula is C12H15ClN4O. The number of hydrogen-bond acceptors (Lipinski definition) is 4. The van der Waals surface area contributed by atoms with Crippen LogP contribution in [0.25, 0.3) is 0 Å². The average molecular weight is 267 g/mol. The van der Waals surface area contributed by atoms with Gasteiger partial charge in [-0.25, -0.2) is 4.68 Å². The zero-order valence-electron chi connectivity index (χ0n) is 10.2. The second-order valence-corrected chi connectivity index (χ2v) is 4.83. The zero-order chi connectivity index (χ0) is 13.1. The number of nitrogens with zero attached hydrogens (tertiary/aromatic N) is 3. The molecule has 1 atom stereocenters. The lowest BCUT2D eigenvalue weighted by atomic mass is 10.2. The van der Waals surface area contributed by atoms with Crippen LogP contribution in [0.3, 0.4) is 0 Å². The molecule has 1 N–H and O–H groups in total. The predicted molar refractivity (Wildman–Crippen MR) is 71.9 cm³/mol. The van der Waals surface area contributed by atoms with Gasteiger partial charge < -0.3 is 10.2 Å². The first kappa shape index (κ1) is 12.9. The van der Waals surface area contributed by atoms with Gasteiger partial charge in [-0.05, 0) is 20.0 Å². The van der Waals surface area contributed by atoms with Crippen molar-refractivity contribution >= 4 is 17.3 Å². The maximum Gasteiger partial charge on any atom is 0.292 e. The topological polar surface area (TPSA) is 50.2 Å². The first-order chi connectivity index (χ1) is 8.61. The molecule has 0 aliphatic carbocycles. The fraction of sp³-hybridized carbons (Fsp3) is 0.500. The first-order valence-corrected chi connectivity index (χ1v) is 6.13. The molecule has 1 aliphatic rings. The molecule has 0 spiro atoms. The fourth-order valence-corrected chi connectivity index (χ4v) is 2.23. The van der Waals surface area contributed by atoms with Crippen molar-refractivity contribution in [3.8, 4) is 12.3 Å². The van der Waals surface area contributed by atoms with Gasteiger partial charge in [-0.1, -0.05) is 17.5 Å². The standard InChI is InChI=1S/C12H15ClN4O/c1-3-5-17-12(18)11(10(13)7-14-17)15-9-4-6-16(2)8-9/h1,7,9,15H,4-6,8H2,2H3. The molecule has 1 aromatic heterocycles. The molecule has 1 fully saturated rings. The summed E-state index contributed by atoms with van der Waals surface area (Å²) in [6.45, 7) is 2.06. The van der Waals surface area contributed by atoms with Gasteiger partial charge in [0, 0.05) is 12.6 Å². The number of terminal acetylenes is 1. The lowest BCUT2D eigenvalue weighted by Crippen LogP contribution is -2.31. The third-order valence-corrected chi connectivity index (χ3v) is 3.27. The van der Waals surface area contributed by atoms with Crippen LogP contribution in [0.4, 0.5) is 5.69 Å². The number of likely N-dealkylation sites (tertiary alicyclic amines) is 1. The van der Waals surface area contributed by atoms with Crippen molar-refractivity contribution in [2.24, 2.45) is 0 Å². The second kappa shape index (κ2) is 5.42. The minimum Gasteiger partial charge on any atom is -0.375 e. The number of aromatic nitrogens is 2. The van der Waals surface area contributed by atoms with E-state index in [0.29, 0.717) is 10.7 Å². The molecule has 1 aliphatic heterocycles. The summed E-state index contributed by atoms with van der Waals surface area (Å²) in [4.78, 5) is 14.3. The van der Waals surface area contributed by atoms with Crippen molar-refractivity contribution in [2.75, 3.05) is 25.5 Å². The van der Waals surface area contributed by atoms with Gasteiger partial charge in [0.2, 0.25) is 0 Å². The Morgan fingerprint density at radius 3 is 3.11 bits per heavy atom. The molecule has 18 heavy (non-hydrogen) atoms.